The number of pyridine rings is 1. The summed E-state index contributed by atoms with van der Waals surface area (Å²) in [6.07, 6.45) is 1.82. The van der Waals surface area contributed by atoms with Gasteiger partial charge in [-0.05, 0) is 31.5 Å². The number of nitrogens with one attached hydrogen (secondary N) is 1. The van der Waals surface area contributed by atoms with Crippen LogP contribution < -0.4 is 10.1 Å². The number of non-ortho nitro benzene ring substituents is 1. The molecule has 2 aromatic rings. The molecule has 1 N–H and O–H groups in total. The fraction of sp³-hybridized carbons (Fsp3) is 0.312. The van der Waals surface area contributed by atoms with Crippen LogP contribution in [-0.4, -0.2) is 17.0 Å². The molecule has 2 rings (SSSR count). The quantitative estimate of drug-likeness (QED) is 0.655. The van der Waals surface area contributed by atoms with Gasteiger partial charge in [0.05, 0.1) is 17.7 Å². The second kappa shape index (κ2) is 7.00. The lowest BCUT2D eigenvalue weighted by atomic mass is 10.1. The molecule has 0 saturated carbocycles. The molecular weight excluding hydrogens is 282 g/mol. The minimum absolute atomic E-state index is 0.0536. The molecule has 6 nitrogen and oxygen atoms in total. The summed E-state index contributed by atoms with van der Waals surface area (Å²) in [7, 11) is 1.55. The van der Waals surface area contributed by atoms with E-state index in [1.54, 1.807) is 19.2 Å². The molecule has 0 fully saturated rings. The number of benzene rings is 1. The van der Waals surface area contributed by atoms with Gasteiger partial charge in [-0.1, -0.05) is 6.07 Å². The number of nitrogens with zero attached hydrogens (tertiary/aromatic N) is 2. The molecule has 0 amide bonds. The third-order valence-electron chi connectivity index (χ3n) is 3.45. The normalized spacial score (nSPS) is 12.0. The van der Waals surface area contributed by atoms with Gasteiger partial charge in [-0.25, -0.2) is 0 Å². The summed E-state index contributed by atoms with van der Waals surface area (Å²) < 4.78 is 5.29. The number of aryl methyl sites for hydroxylation is 1. The number of nitro benzene ring substituents is 1. The van der Waals surface area contributed by atoms with Crippen molar-refractivity contribution in [3.63, 3.8) is 0 Å². The molecule has 0 aliphatic rings. The number of methoxy groups -OCH3 is 1. The lowest BCUT2D eigenvalue weighted by Crippen LogP contribution is -2.19. The highest BCUT2D eigenvalue weighted by Crippen LogP contribution is 2.29. The van der Waals surface area contributed by atoms with E-state index in [2.05, 4.69) is 10.3 Å². The first-order valence-corrected chi connectivity index (χ1v) is 6.98. The second-order valence-electron chi connectivity index (χ2n) is 5.11. The smallest absolute Gasteiger partial charge is 0.270 e. The zero-order chi connectivity index (χ0) is 16.1. The van der Waals surface area contributed by atoms with Gasteiger partial charge >= 0.3 is 0 Å². The molecule has 0 bridgehead atoms. The van der Waals surface area contributed by atoms with E-state index in [0.717, 1.165) is 16.8 Å². The van der Waals surface area contributed by atoms with E-state index in [1.807, 2.05) is 32.2 Å². The average Bonchev–Trinajstić information content (AvgIpc) is 2.53. The molecule has 0 spiro atoms. The minimum atomic E-state index is -0.406. The average molecular weight is 301 g/mol. The molecule has 1 aromatic carbocycles. The lowest BCUT2D eigenvalue weighted by molar-refractivity contribution is -0.385. The van der Waals surface area contributed by atoms with Crippen LogP contribution in [0.25, 0.3) is 0 Å². The number of nitro groups is 1. The number of hydrogen-bond acceptors (Lipinski definition) is 5. The molecule has 0 unspecified atom stereocenters. The highest BCUT2D eigenvalue weighted by atomic mass is 16.6. The van der Waals surface area contributed by atoms with E-state index in [1.165, 1.54) is 6.07 Å². The summed E-state index contributed by atoms with van der Waals surface area (Å²) in [6.45, 7) is 4.50. The Kier molecular flexibility index (Phi) is 5.06. The van der Waals surface area contributed by atoms with E-state index < -0.39 is 4.92 Å². The monoisotopic (exact) mass is 301 g/mol. The lowest BCUT2D eigenvalue weighted by Gasteiger charge is -2.17. The number of rotatable bonds is 6. The molecule has 0 radical (unpaired) electrons. The van der Waals surface area contributed by atoms with Crippen molar-refractivity contribution in [2.45, 2.75) is 26.4 Å². The molecule has 1 atom stereocenters. The standard InChI is InChI=1S/C16H19N3O3/c1-11-4-5-13(18-9-11)10-17-12(2)15-8-14(19(20)21)6-7-16(15)22-3/h4-9,12,17H,10H2,1-3H3/t12-/m0/s1. The van der Waals surface area contributed by atoms with Crippen molar-refractivity contribution in [3.8, 4) is 5.75 Å². The first-order chi connectivity index (χ1) is 10.5. The van der Waals surface area contributed by atoms with Gasteiger partial charge in [0.25, 0.3) is 5.69 Å². The SMILES string of the molecule is COc1ccc([N+](=O)[O-])cc1[C@H](C)NCc1ccc(C)cn1. The number of ether oxygens (including phenoxy) is 1. The zero-order valence-corrected chi connectivity index (χ0v) is 12.9. The fourth-order valence-electron chi connectivity index (χ4n) is 2.14. The van der Waals surface area contributed by atoms with Gasteiger partial charge < -0.3 is 10.1 Å². The van der Waals surface area contributed by atoms with Crippen LogP contribution >= 0.6 is 0 Å². The molecular formula is C16H19N3O3. The highest BCUT2D eigenvalue weighted by Gasteiger charge is 2.16. The number of hydrogen-bond donors (Lipinski definition) is 1. The van der Waals surface area contributed by atoms with Crippen LogP contribution in [0.1, 0.15) is 29.8 Å². The Morgan fingerprint density at radius 2 is 2.14 bits per heavy atom. The second-order valence-corrected chi connectivity index (χ2v) is 5.11. The zero-order valence-electron chi connectivity index (χ0n) is 12.9. The number of aromatic nitrogens is 1. The van der Waals surface area contributed by atoms with Crippen LogP contribution in [-0.2, 0) is 6.54 Å². The summed E-state index contributed by atoms with van der Waals surface area (Å²) in [6, 6.07) is 8.46. The van der Waals surface area contributed by atoms with Gasteiger partial charge in [-0.3, -0.25) is 15.1 Å². The van der Waals surface area contributed by atoms with Crippen LogP contribution in [0.2, 0.25) is 0 Å². The highest BCUT2D eigenvalue weighted by molar-refractivity contribution is 5.45. The Hall–Kier alpha value is -2.47. The van der Waals surface area contributed by atoms with Crippen LogP contribution in [0.5, 0.6) is 5.75 Å². The molecule has 1 aromatic heterocycles. The molecule has 22 heavy (non-hydrogen) atoms. The van der Waals surface area contributed by atoms with Gasteiger partial charge in [-0.2, -0.15) is 0 Å². The van der Waals surface area contributed by atoms with Gasteiger partial charge in [0.1, 0.15) is 5.75 Å². The van der Waals surface area contributed by atoms with E-state index in [-0.39, 0.29) is 11.7 Å². The Morgan fingerprint density at radius 3 is 2.73 bits per heavy atom. The van der Waals surface area contributed by atoms with Crippen LogP contribution in [0.4, 0.5) is 5.69 Å². The van der Waals surface area contributed by atoms with Crippen LogP contribution in [0, 0.1) is 17.0 Å². The molecule has 1 heterocycles. The Labute approximate surface area is 129 Å². The summed E-state index contributed by atoms with van der Waals surface area (Å²) in [5.74, 6) is 0.627. The van der Waals surface area contributed by atoms with E-state index in [9.17, 15) is 10.1 Å². The largest absolute Gasteiger partial charge is 0.496 e. The molecule has 116 valence electrons. The first kappa shape index (κ1) is 15.9. The summed E-state index contributed by atoms with van der Waals surface area (Å²) >= 11 is 0. The Balaban J connectivity index is 2.13. The maximum absolute atomic E-state index is 10.9. The predicted octanol–water partition coefficient (Wildman–Crippen LogP) is 3.16. The van der Waals surface area contributed by atoms with Crippen molar-refractivity contribution in [2.24, 2.45) is 0 Å². The van der Waals surface area contributed by atoms with E-state index >= 15 is 0 Å². The van der Waals surface area contributed by atoms with Crippen molar-refractivity contribution in [1.82, 2.24) is 10.3 Å². The van der Waals surface area contributed by atoms with Crippen molar-refractivity contribution in [2.75, 3.05) is 7.11 Å². The first-order valence-electron chi connectivity index (χ1n) is 6.98. The van der Waals surface area contributed by atoms with Crippen molar-refractivity contribution in [1.29, 1.82) is 0 Å². The topological polar surface area (TPSA) is 77.3 Å². The summed E-state index contributed by atoms with van der Waals surface area (Å²) in [4.78, 5) is 14.8. The van der Waals surface area contributed by atoms with E-state index in [0.29, 0.717) is 12.3 Å². The fourth-order valence-corrected chi connectivity index (χ4v) is 2.14. The van der Waals surface area contributed by atoms with E-state index in [4.69, 9.17) is 4.74 Å². The third-order valence-corrected chi connectivity index (χ3v) is 3.45. The predicted molar refractivity (Wildman–Crippen MR) is 83.9 cm³/mol. The van der Waals surface area contributed by atoms with Crippen LogP contribution in [0.15, 0.2) is 36.5 Å². The van der Waals surface area contributed by atoms with Gasteiger partial charge in [0.2, 0.25) is 0 Å². The summed E-state index contributed by atoms with van der Waals surface area (Å²) in [5, 5.41) is 14.2. The minimum Gasteiger partial charge on any atom is -0.496 e. The molecule has 0 aliphatic heterocycles. The maximum atomic E-state index is 10.9. The Morgan fingerprint density at radius 1 is 1.36 bits per heavy atom. The Bertz CT molecular complexity index is 656. The summed E-state index contributed by atoms with van der Waals surface area (Å²) in [5.41, 5.74) is 2.83. The van der Waals surface area contributed by atoms with Gasteiger partial charge in [0.15, 0.2) is 0 Å². The van der Waals surface area contributed by atoms with Crippen molar-refractivity contribution >= 4 is 5.69 Å². The van der Waals surface area contributed by atoms with Gasteiger partial charge in [-0.15, -0.1) is 0 Å². The van der Waals surface area contributed by atoms with Gasteiger partial charge in [0, 0.05) is 36.5 Å². The third kappa shape index (κ3) is 3.79. The molecule has 0 aliphatic carbocycles. The van der Waals surface area contributed by atoms with Crippen molar-refractivity contribution in [3.05, 3.63) is 63.5 Å². The molecule has 0 saturated heterocycles. The molecule has 6 heteroatoms. The van der Waals surface area contributed by atoms with Crippen molar-refractivity contribution < 1.29 is 9.66 Å². The van der Waals surface area contributed by atoms with Crippen LogP contribution in [0.3, 0.4) is 0 Å². The maximum Gasteiger partial charge on any atom is 0.270 e.